The van der Waals surface area contributed by atoms with Crippen LogP contribution in [0.25, 0.3) is 0 Å². The van der Waals surface area contributed by atoms with E-state index in [2.05, 4.69) is 39.5 Å². The van der Waals surface area contributed by atoms with Gasteiger partial charge in [-0.1, -0.05) is 18.2 Å². The number of ketones is 1. The number of para-hydroxylation sites is 1. The SMILES string of the molecule is CC(=O)c1ccc(Nc2nc(C)cc(N3CCCc4ccccc43)n2)cc1. The van der Waals surface area contributed by atoms with Crippen LogP contribution in [-0.2, 0) is 6.42 Å². The Balaban J connectivity index is 1.63. The second-order valence-corrected chi connectivity index (χ2v) is 6.83. The number of aromatic nitrogens is 2. The van der Waals surface area contributed by atoms with Gasteiger partial charge in [0.1, 0.15) is 5.82 Å². The molecule has 136 valence electrons. The molecule has 5 heteroatoms. The van der Waals surface area contributed by atoms with Gasteiger partial charge < -0.3 is 10.2 Å². The van der Waals surface area contributed by atoms with E-state index in [4.69, 9.17) is 4.98 Å². The largest absolute Gasteiger partial charge is 0.326 e. The van der Waals surface area contributed by atoms with E-state index in [9.17, 15) is 4.79 Å². The first-order chi connectivity index (χ1) is 13.1. The van der Waals surface area contributed by atoms with Crippen LogP contribution in [0.4, 0.5) is 23.1 Å². The van der Waals surface area contributed by atoms with E-state index in [1.165, 1.54) is 11.3 Å². The lowest BCUT2D eigenvalue weighted by atomic mass is 10.0. The van der Waals surface area contributed by atoms with Gasteiger partial charge in [0, 0.05) is 35.2 Å². The number of carbonyl (C=O) groups excluding carboxylic acids is 1. The van der Waals surface area contributed by atoms with Crippen molar-refractivity contribution in [1.82, 2.24) is 9.97 Å². The molecule has 1 aromatic heterocycles. The number of hydrogen-bond acceptors (Lipinski definition) is 5. The highest BCUT2D eigenvalue weighted by molar-refractivity contribution is 5.94. The zero-order valence-corrected chi connectivity index (χ0v) is 15.6. The van der Waals surface area contributed by atoms with E-state index in [1.807, 2.05) is 37.3 Å². The van der Waals surface area contributed by atoms with Crippen LogP contribution in [0.3, 0.4) is 0 Å². The van der Waals surface area contributed by atoms with Gasteiger partial charge in [-0.25, -0.2) is 4.98 Å². The van der Waals surface area contributed by atoms with E-state index >= 15 is 0 Å². The number of benzene rings is 2. The maximum atomic E-state index is 11.4. The van der Waals surface area contributed by atoms with Gasteiger partial charge >= 0.3 is 0 Å². The first-order valence-corrected chi connectivity index (χ1v) is 9.19. The Hall–Kier alpha value is -3.21. The Bertz CT molecular complexity index is 982. The maximum Gasteiger partial charge on any atom is 0.229 e. The van der Waals surface area contributed by atoms with Gasteiger partial charge in [0.15, 0.2) is 5.78 Å². The van der Waals surface area contributed by atoms with E-state index in [0.29, 0.717) is 11.5 Å². The normalized spacial score (nSPS) is 13.2. The van der Waals surface area contributed by atoms with Gasteiger partial charge in [-0.2, -0.15) is 4.98 Å². The average molecular weight is 358 g/mol. The molecule has 0 bridgehead atoms. The van der Waals surface area contributed by atoms with Crippen LogP contribution < -0.4 is 10.2 Å². The third kappa shape index (κ3) is 3.67. The molecule has 0 saturated heterocycles. The van der Waals surface area contributed by atoms with Crippen LogP contribution in [0.5, 0.6) is 0 Å². The lowest BCUT2D eigenvalue weighted by Gasteiger charge is -2.30. The molecule has 2 aromatic carbocycles. The van der Waals surface area contributed by atoms with Crippen molar-refractivity contribution in [2.24, 2.45) is 0 Å². The lowest BCUT2D eigenvalue weighted by molar-refractivity contribution is 0.101. The summed E-state index contributed by atoms with van der Waals surface area (Å²) in [6, 6.07) is 17.9. The van der Waals surface area contributed by atoms with Crippen LogP contribution in [-0.4, -0.2) is 22.3 Å². The molecule has 0 amide bonds. The predicted molar refractivity (Wildman–Crippen MR) is 108 cm³/mol. The van der Waals surface area contributed by atoms with Gasteiger partial charge in [-0.05, 0) is 62.6 Å². The molecule has 0 radical (unpaired) electrons. The Labute approximate surface area is 159 Å². The molecule has 27 heavy (non-hydrogen) atoms. The molecule has 1 aliphatic rings. The molecule has 0 aliphatic carbocycles. The predicted octanol–water partition coefficient (Wildman–Crippen LogP) is 4.82. The van der Waals surface area contributed by atoms with Gasteiger partial charge in [-0.15, -0.1) is 0 Å². The van der Waals surface area contributed by atoms with Crippen LogP contribution in [0, 0.1) is 6.92 Å². The van der Waals surface area contributed by atoms with Crippen molar-refractivity contribution >= 4 is 28.9 Å². The zero-order valence-electron chi connectivity index (χ0n) is 15.6. The van der Waals surface area contributed by atoms with Crippen LogP contribution >= 0.6 is 0 Å². The number of nitrogens with one attached hydrogen (secondary N) is 1. The molecule has 3 aromatic rings. The molecular weight excluding hydrogens is 336 g/mol. The summed E-state index contributed by atoms with van der Waals surface area (Å²) < 4.78 is 0. The fourth-order valence-corrected chi connectivity index (χ4v) is 3.44. The number of anilines is 4. The third-order valence-electron chi connectivity index (χ3n) is 4.78. The summed E-state index contributed by atoms with van der Waals surface area (Å²) in [5.41, 5.74) is 5.03. The number of aryl methyl sites for hydroxylation is 2. The standard InChI is InChI=1S/C22H22N4O/c1-15-14-21(26-13-5-7-18-6-3-4-8-20(18)26)25-22(23-15)24-19-11-9-17(10-12-19)16(2)27/h3-4,6,8-12,14H,5,7,13H2,1-2H3,(H,23,24,25). The molecule has 0 spiro atoms. The molecule has 1 N–H and O–H groups in total. The quantitative estimate of drug-likeness (QED) is 0.678. The minimum absolute atomic E-state index is 0.0550. The number of carbonyl (C=O) groups is 1. The van der Waals surface area contributed by atoms with E-state index in [0.717, 1.165) is 36.6 Å². The minimum Gasteiger partial charge on any atom is -0.326 e. The van der Waals surface area contributed by atoms with Crippen molar-refractivity contribution in [1.29, 1.82) is 0 Å². The molecule has 1 aliphatic heterocycles. The van der Waals surface area contributed by atoms with Gasteiger partial charge in [-0.3, -0.25) is 4.79 Å². The van der Waals surface area contributed by atoms with Crippen LogP contribution in [0.1, 0.15) is 35.0 Å². The average Bonchev–Trinajstić information content (AvgIpc) is 2.67. The summed E-state index contributed by atoms with van der Waals surface area (Å²) in [6.45, 7) is 4.49. The second kappa shape index (κ2) is 7.19. The van der Waals surface area contributed by atoms with Crippen molar-refractivity contribution in [3.8, 4) is 0 Å². The number of fused-ring (bicyclic) bond motifs is 1. The van der Waals surface area contributed by atoms with Crippen LogP contribution in [0.2, 0.25) is 0 Å². The number of hydrogen-bond donors (Lipinski definition) is 1. The molecule has 0 fully saturated rings. The van der Waals surface area contributed by atoms with Crippen molar-refractivity contribution in [3.05, 3.63) is 71.4 Å². The van der Waals surface area contributed by atoms with Gasteiger partial charge in [0.2, 0.25) is 5.95 Å². The molecule has 4 rings (SSSR count). The molecule has 5 nitrogen and oxygen atoms in total. The first kappa shape index (κ1) is 17.2. The molecule has 2 heterocycles. The Kier molecular flexibility index (Phi) is 4.59. The molecule has 0 saturated carbocycles. The highest BCUT2D eigenvalue weighted by atomic mass is 16.1. The summed E-state index contributed by atoms with van der Waals surface area (Å²) in [6.07, 6.45) is 2.21. The fraction of sp³-hybridized carbons (Fsp3) is 0.227. The first-order valence-electron chi connectivity index (χ1n) is 9.19. The maximum absolute atomic E-state index is 11.4. The van der Waals surface area contributed by atoms with Crippen molar-refractivity contribution in [2.45, 2.75) is 26.7 Å². The lowest BCUT2D eigenvalue weighted by Crippen LogP contribution is -2.25. The van der Waals surface area contributed by atoms with Crippen molar-refractivity contribution in [3.63, 3.8) is 0 Å². The molecular formula is C22H22N4O. The number of nitrogens with zero attached hydrogens (tertiary/aromatic N) is 3. The topological polar surface area (TPSA) is 58.1 Å². The highest BCUT2D eigenvalue weighted by Gasteiger charge is 2.19. The Morgan fingerprint density at radius 2 is 1.85 bits per heavy atom. The van der Waals surface area contributed by atoms with Crippen LogP contribution in [0.15, 0.2) is 54.6 Å². The monoisotopic (exact) mass is 358 g/mol. The second-order valence-electron chi connectivity index (χ2n) is 6.83. The summed E-state index contributed by atoms with van der Waals surface area (Å²) in [5, 5.41) is 3.25. The molecule has 0 unspecified atom stereocenters. The Morgan fingerprint density at radius 3 is 2.63 bits per heavy atom. The number of Topliss-reactive ketones (excluding diaryl/α,β-unsaturated/α-hetero) is 1. The zero-order chi connectivity index (χ0) is 18.8. The summed E-state index contributed by atoms with van der Waals surface area (Å²) in [4.78, 5) is 23.0. The summed E-state index contributed by atoms with van der Waals surface area (Å²) >= 11 is 0. The third-order valence-corrected chi connectivity index (χ3v) is 4.78. The van der Waals surface area contributed by atoms with E-state index in [-0.39, 0.29) is 5.78 Å². The molecule has 0 atom stereocenters. The van der Waals surface area contributed by atoms with Gasteiger partial charge in [0.25, 0.3) is 0 Å². The fourth-order valence-electron chi connectivity index (χ4n) is 3.44. The number of rotatable bonds is 4. The van der Waals surface area contributed by atoms with E-state index in [1.54, 1.807) is 6.92 Å². The van der Waals surface area contributed by atoms with Crippen molar-refractivity contribution < 1.29 is 4.79 Å². The highest BCUT2D eigenvalue weighted by Crippen LogP contribution is 2.33. The van der Waals surface area contributed by atoms with Gasteiger partial charge in [0.05, 0.1) is 0 Å². The van der Waals surface area contributed by atoms with E-state index < -0.39 is 0 Å². The smallest absolute Gasteiger partial charge is 0.229 e. The summed E-state index contributed by atoms with van der Waals surface area (Å²) in [5.74, 6) is 1.51. The summed E-state index contributed by atoms with van der Waals surface area (Å²) in [7, 11) is 0. The van der Waals surface area contributed by atoms with Crippen molar-refractivity contribution in [2.75, 3.05) is 16.8 Å². The minimum atomic E-state index is 0.0550. The Morgan fingerprint density at radius 1 is 1.07 bits per heavy atom.